The minimum atomic E-state index is -0.738. The van der Waals surface area contributed by atoms with E-state index in [2.05, 4.69) is 10.5 Å². The minimum absolute atomic E-state index is 0.0497. The van der Waals surface area contributed by atoms with E-state index in [1.165, 1.54) is 18.2 Å². The van der Waals surface area contributed by atoms with Crippen LogP contribution in [0.15, 0.2) is 29.4 Å². The van der Waals surface area contributed by atoms with Gasteiger partial charge in [0.1, 0.15) is 10.2 Å². The summed E-state index contributed by atoms with van der Waals surface area (Å²) in [5.74, 6) is -1.78. The fraction of sp³-hybridized carbons (Fsp3) is 0. The number of hydrogen-bond acceptors (Lipinski definition) is 4. The van der Waals surface area contributed by atoms with E-state index in [1.54, 1.807) is 0 Å². The highest BCUT2D eigenvalue weighted by atomic mass is 35.5. The average Bonchev–Trinajstić information content (AvgIpc) is 2.77. The van der Waals surface area contributed by atoms with Crippen molar-refractivity contribution in [2.24, 2.45) is 10.9 Å². The Morgan fingerprint density at radius 2 is 2.14 bits per heavy atom. The average molecular weight is 348 g/mol. The Kier molecular flexibility index (Phi) is 4.66. The summed E-state index contributed by atoms with van der Waals surface area (Å²) in [6, 6.07) is 5.31. The number of halogens is 3. The first-order valence-electron chi connectivity index (χ1n) is 5.46. The molecule has 0 radical (unpaired) electrons. The fourth-order valence-corrected chi connectivity index (χ4v) is 3.08. The molecule has 0 unspecified atom stereocenters. The van der Waals surface area contributed by atoms with Gasteiger partial charge in [-0.3, -0.25) is 4.79 Å². The summed E-state index contributed by atoms with van der Waals surface area (Å²) >= 11 is 12.7. The number of nitrogens with one attached hydrogen (secondary N) is 1. The number of rotatable bonds is 3. The van der Waals surface area contributed by atoms with E-state index in [0.29, 0.717) is 4.34 Å². The Labute approximate surface area is 132 Å². The predicted octanol–water partition coefficient (Wildman–Crippen LogP) is 3.54. The molecule has 0 saturated heterocycles. The zero-order chi connectivity index (χ0) is 15.6. The first-order valence-corrected chi connectivity index (χ1v) is 7.04. The van der Waals surface area contributed by atoms with Gasteiger partial charge in [0.25, 0.3) is 5.91 Å². The van der Waals surface area contributed by atoms with E-state index in [4.69, 9.17) is 34.1 Å². The van der Waals surface area contributed by atoms with Gasteiger partial charge in [0, 0.05) is 0 Å². The van der Waals surface area contributed by atoms with E-state index >= 15 is 0 Å². The Balaban J connectivity index is 2.38. The molecule has 9 heteroatoms. The van der Waals surface area contributed by atoms with Crippen LogP contribution in [0.3, 0.4) is 0 Å². The van der Waals surface area contributed by atoms with Crippen LogP contribution >= 0.6 is 34.5 Å². The van der Waals surface area contributed by atoms with Crippen molar-refractivity contribution in [3.05, 3.63) is 49.9 Å². The number of benzene rings is 1. The van der Waals surface area contributed by atoms with Crippen molar-refractivity contribution in [1.29, 1.82) is 0 Å². The topological polar surface area (TPSA) is 87.7 Å². The smallest absolute Gasteiger partial charge is 0.258 e. The third-order valence-electron chi connectivity index (χ3n) is 2.53. The van der Waals surface area contributed by atoms with Crippen LogP contribution < -0.4 is 11.1 Å². The van der Waals surface area contributed by atoms with Crippen molar-refractivity contribution in [1.82, 2.24) is 0 Å². The lowest BCUT2D eigenvalue weighted by Gasteiger charge is -2.10. The molecule has 1 aromatic heterocycles. The molecule has 110 valence electrons. The van der Waals surface area contributed by atoms with Crippen LogP contribution in [0, 0.1) is 5.82 Å². The summed E-state index contributed by atoms with van der Waals surface area (Å²) in [5.41, 5.74) is 5.39. The zero-order valence-corrected chi connectivity index (χ0v) is 12.6. The second kappa shape index (κ2) is 6.30. The standard InChI is InChI=1S/C12H8Cl2FN3O2S/c13-8-4-5(10(14)21-8)12(19)17-7-3-1-2-6(15)9(7)11(16)18-20/h1-4,20H,(H2,16,18)(H,17,19). The molecule has 0 bridgehead atoms. The van der Waals surface area contributed by atoms with Gasteiger partial charge in [-0.1, -0.05) is 34.4 Å². The maximum atomic E-state index is 13.8. The van der Waals surface area contributed by atoms with Crippen LogP contribution in [0.5, 0.6) is 0 Å². The van der Waals surface area contributed by atoms with Crippen LogP contribution in [0.1, 0.15) is 15.9 Å². The monoisotopic (exact) mass is 347 g/mol. The van der Waals surface area contributed by atoms with Gasteiger partial charge in [0.15, 0.2) is 5.84 Å². The Morgan fingerprint density at radius 1 is 1.43 bits per heavy atom. The highest BCUT2D eigenvalue weighted by molar-refractivity contribution is 7.20. The lowest BCUT2D eigenvalue weighted by Crippen LogP contribution is -2.20. The fourth-order valence-electron chi connectivity index (χ4n) is 1.62. The molecule has 0 aliphatic rings. The maximum Gasteiger partial charge on any atom is 0.258 e. The summed E-state index contributed by atoms with van der Waals surface area (Å²) in [4.78, 5) is 12.1. The molecular weight excluding hydrogens is 340 g/mol. The summed E-state index contributed by atoms with van der Waals surface area (Å²) in [7, 11) is 0. The number of nitrogens with two attached hydrogens (primary N) is 1. The highest BCUT2D eigenvalue weighted by Crippen LogP contribution is 2.32. The predicted molar refractivity (Wildman–Crippen MR) is 81.2 cm³/mol. The van der Waals surface area contributed by atoms with Crippen LogP contribution in [0.4, 0.5) is 10.1 Å². The van der Waals surface area contributed by atoms with Crippen molar-refractivity contribution < 1.29 is 14.4 Å². The molecule has 1 aromatic carbocycles. The number of oxime groups is 1. The van der Waals surface area contributed by atoms with Crippen molar-refractivity contribution in [3.63, 3.8) is 0 Å². The summed E-state index contributed by atoms with van der Waals surface area (Å²) in [6.07, 6.45) is 0. The van der Waals surface area contributed by atoms with Crippen LogP contribution in [-0.2, 0) is 0 Å². The zero-order valence-electron chi connectivity index (χ0n) is 10.2. The molecule has 21 heavy (non-hydrogen) atoms. The molecule has 2 aromatic rings. The summed E-state index contributed by atoms with van der Waals surface area (Å²) < 4.78 is 14.3. The largest absolute Gasteiger partial charge is 0.409 e. The number of carbonyl (C=O) groups is 1. The molecule has 2 rings (SSSR count). The van der Waals surface area contributed by atoms with Crippen LogP contribution in [0.2, 0.25) is 8.67 Å². The van der Waals surface area contributed by atoms with Gasteiger partial charge >= 0.3 is 0 Å². The number of amidine groups is 1. The van der Waals surface area contributed by atoms with E-state index in [1.807, 2.05) is 0 Å². The molecule has 0 saturated carbocycles. The molecule has 0 aliphatic heterocycles. The van der Waals surface area contributed by atoms with Gasteiger partial charge in [0.2, 0.25) is 0 Å². The van der Waals surface area contributed by atoms with Gasteiger partial charge < -0.3 is 16.3 Å². The highest BCUT2D eigenvalue weighted by Gasteiger charge is 2.18. The van der Waals surface area contributed by atoms with Gasteiger partial charge in [0.05, 0.1) is 21.2 Å². The van der Waals surface area contributed by atoms with Gasteiger partial charge in [-0.05, 0) is 18.2 Å². The number of anilines is 1. The van der Waals surface area contributed by atoms with Crippen molar-refractivity contribution in [2.75, 3.05) is 5.32 Å². The maximum absolute atomic E-state index is 13.8. The van der Waals surface area contributed by atoms with E-state index in [-0.39, 0.29) is 21.2 Å². The second-order valence-corrected chi connectivity index (χ2v) is 6.13. The number of amides is 1. The van der Waals surface area contributed by atoms with Crippen LogP contribution in [-0.4, -0.2) is 17.0 Å². The normalized spacial score (nSPS) is 11.5. The second-order valence-electron chi connectivity index (χ2n) is 3.84. The Morgan fingerprint density at radius 3 is 2.71 bits per heavy atom. The van der Waals surface area contributed by atoms with Gasteiger partial charge in [-0.25, -0.2) is 4.39 Å². The quantitative estimate of drug-likeness (QED) is 0.343. The molecule has 4 N–H and O–H groups in total. The van der Waals surface area contributed by atoms with Crippen molar-refractivity contribution in [2.45, 2.75) is 0 Å². The third-order valence-corrected chi connectivity index (χ3v) is 4.01. The lowest BCUT2D eigenvalue weighted by atomic mass is 10.1. The molecular formula is C12H8Cl2FN3O2S. The Bertz CT molecular complexity index is 733. The number of thiophene rings is 1. The SMILES string of the molecule is N/C(=N/O)c1c(F)cccc1NC(=O)c1cc(Cl)sc1Cl. The van der Waals surface area contributed by atoms with E-state index in [9.17, 15) is 9.18 Å². The first kappa shape index (κ1) is 15.6. The number of nitrogens with zero attached hydrogens (tertiary/aromatic N) is 1. The summed E-state index contributed by atoms with van der Waals surface area (Å²) in [6.45, 7) is 0. The van der Waals surface area contributed by atoms with E-state index in [0.717, 1.165) is 17.4 Å². The van der Waals surface area contributed by atoms with E-state index < -0.39 is 17.6 Å². The van der Waals surface area contributed by atoms with Crippen molar-refractivity contribution in [3.8, 4) is 0 Å². The lowest BCUT2D eigenvalue weighted by molar-refractivity contribution is 0.102. The minimum Gasteiger partial charge on any atom is -0.409 e. The van der Waals surface area contributed by atoms with Crippen molar-refractivity contribution >= 4 is 52.0 Å². The molecule has 0 fully saturated rings. The molecule has 1 heterocycles. The Hall–Kier alpha value is -1.83. The van der Waals surface area contributed by atoms with Gasteiger partial charge in [-0.2, -0.15) is 0 Å². The molecule has 1 amide bonds. The molecule has 0 atom stereocenters. The molecule has 5 nitrogen and oxygen atoms in total. The number of carbonyl (C=O) groups excluding carboxylic acids is 1. The van der Waals surface area contributed by atoms with Crippen LogP contribution in [0.25, 0.3) is 0 Å². The molecule has 0 aliphatic carbocycles. The number of hydrogen-bond donors (Lipinski definition) is 3. The molecule has 0 spiro atoms. The van der Waals surface area contributed by atoms with Gasteiger partial charge in [-0.15, -0.1) is 11.3 Å². The summed E-state index contributed by atoms with van der Waals surface area (Å²) in [5, 5.41) is 13.9. The first-order chi connectivity index (χ1) is 9.93. The third kappa shape index (κ3) is 3.26.